The van der Waals surface area contributed by atoms with Gasteiger partial charge >= 0.3 is 5.97 Å². The molecule has 0 aromatic heterocycles. The largest absolute Gasteiger partial charge is 0.464 e. The Morgan fingerprint density at radius 3 is 2.20 bits per heavy atom. The number of ether oxygens (including phenoxy) is 1. The quantitative estimate of drug-likeness (QED) is 0.362. The van der Waals surface area contributed by atoms with Gasteiger partial charge in [-0.2, -0.15) is 0 Å². The van der Waals surface area contributed by atoms with E-state index >= 15 is 0 Å². The molecule has 0 aromatic carbocycles. The molecule has 0 atom stereocenters. The zero-order chi connectivity index (χ0) is 11.7. The molecule has 0 bridgehead atoms. The molecule has 3 heteroatoms. The van der Waals surface area contributed by atoms with Crippen LogP contribution < -0.4 is 0 Å². The van der Waals surface area contributed by atoms with E-state index in [0.29, 0.717) is 19.4 Å². The van der Waals surface area contributed by atoms with Crippen molar-refractivity contribution in [3.05, 3.63) is 0 Å². The van der Waals surface area contributed by atoms with E-state index in [9.17, 15) is 4.79 Å². The van der Waals surface area contributed by atoms with Gasteiger partial charge in [-0.25, -0.2) is 0 Å². The molecule has 0 unspecified atom stereocenters. The van der Waals surface area contributed by atoms with Crippen LogP contribution in [0.3, 0.4) is 0 Å². The molecule has 2 nitrogen and oxygen atoms in total. The number of halogens is 1. The molecule has 90 valence electrons. The first-order valence-corrected chi connectivity index (χ1v) is 6.34. The third kappa shape index (κ3) is 5.41. The lowest BCUT2D eigenvalue weighted by Crippen LogP contribution is -2.33. The summed E-state index contributed by atoms with van der Waals surface area (Å²) in [6.45, 7) is 6.49. The molecule has 0 N–H and O–H groups in total. The van der Waals surface area contributed by atoms with Crippen LogP contribution in [-0.4, -0.2) is 17.5 Å². The second kappa shape index (κ2) is 7.98. The minimum atomic E-state index is -0.801. The van der Waals surface area contributed by atoms with Crippen LogP contribution in [0.15, 0.2) is 0 Å². The van der Waals surface area contributed by atoms with Crippen molar-refractivity contribution in [2.75, 3.05) is 6.61 Å². The topological polar surface area (TPSA) is 26.3 Å². The predicted octanol–water partition coefficient (Wildman–Crippen LogP) is 3.91. The van der Waals surface area contributed by atoms with E-state index in [4.69, 9.17) is 16.3 Å². The average molecular weight is 235 g/mol. The monoisotopic (exact) mass is 234 g/mol. The smallest absolute Gasteiger partial charge is 0.327 e. The van der Waals surface area contributed by atoms with Gasteiger partial charge in [0.2, 0.25) is 0 Å². The molecule has 0 saturated heterocycles. The maximum absolute atomic E-state index is 11.6. The van der Waals surface area contributed by atoms with Crippen LogP contribution in [0.25, 0.3) is 0 Å². The summed E-state index contributed by atoms with van der Waals surface area (Å²) in [6, 6.07) is 0. The van der Waals surface area contributed by atoms with Gasteiger partial charge < -0.3 is 4.74 Å². The number of rotatable bonds is 8. The molecule has 15 heavy (non-hydrogen) atoms. The molecule has 0 radical (unpaired) electrons. The molecule has 0 aliphatic rings. The molecule has 0 spiro atoms. The first-order valence-electron chi connectivity index (χ1n) is 5.96. The van der Waals surface area contributed by atoms with Gasteiger partial charge in [-0.3, -0.25) is 4.79 Å². The van der Waals surface area contributed by atoms with E-state index < -0.39 is 4.87 Å². The number of alkyl halides is 1. The molecule has 0 saturated carbocycles. The lowest BCUT2D eigenvalue weighted by molar-refractivity contribution is -0.147. The Balaban J connectivity index is 3.73. The molecular weight excluding hydrogens is 212 g/mol. The summed E-state index contributed by atoms with van der Waals surface area (Å²) in [4.78, 5) is 10.8. The van der Waals surface area contributed by atoms with Crippen LogP contribution in [0.4, 0.5) is 0 Å². The predicted molar refractivity (Wildman–Crippen MR) is 64.3 cm³/mol. The molecule has 0 aliphatic carbocycles. The zero-order valence-electron chi connectivity index (χ0n) is 10.1. The van der Waals surface area contributed by atoms with Gasteiger partial charge in [0.15, 0.2) is 0 Å². The summed E-state index contributed by atoms with van der Waals surface area (Å²) in [7, 11) is 0. The third-order valence-electron chi connectivity index (χ3n) is 2.72. The van der Waals surface area contributed by atoms with Crippen molar-refractivity contribution in [1.29, 1.82) is 0 Å². The van der Waals surface area contributed by atoms with Crippen molar-refractivity contribution in [2.45, 2.75) is 64.2 Å². The van der Waals surface area contributed by atoms with Crippen molar-refractivity contribution in [2.24, 2.45) is 0 Å². The highest BCUT2D eigenvalue weighted by Crippen LogP contribution is 2.25. The summed E-state index contributed by atoms with van der Waals surface area (Å²) >= 11 is 6.12. The van der Waals surface area contributed by atoms with Gasteiger partial charge in [0, 0.05) is 0 Å². The maximum Gasteiger partial charge on any atom is 0.327 e. The molecule has 0 amide bonds. The highest BCUT2D eigenvalue weighted by molar-refractivity contribution is 6.33. The molecule has 0 fully saturated rings. The van der Waals surface area contributed by atoms with Gasteiger partial charge in [0.25, 0.3) is 0 Å². The Morgan fingerprint density at radius 1 is 1.13 bits per heavy atom. The van der Waals surface area contributed by atoms with E-state index in [1.165, 1.54) is 12.8 Å². The molecule has 0 aliphatic heterocycles. The van der Waals surface area contributed by atoms with Crippen molar-refractivity contribution in [3.63, 3.8) is 0 Å². The van der Waals surface area contributed by atoms with Gasteiger partial charge in [-0.15, -0.1) is 11.6 Å². The Kier molecular flexibility index (Phi) is 7.85. The normalized spacial score (nSPS) is 11.5. The number of carbonyl (C=O) groups excluding carboxylic acids is 1. The minimum Gasteiger partial charge on any atom is -0.464 e. The van der Waals surface area contributed by atoms with Crippen molar-refractivity contribution >= 4 is 17.6 Å². The van der Waals surface area contributed by atoms with Crippen LogP contribution in [0, 0.1) is 0 Å². The number of unbranched alkanes of at least 4 members (excludes halogenated alkanes) is 3. The first-order chi connectivity index (χ1) is 7.10. The van der Waals surface area contributed by atoms with Gasteiger partial charge in [-0.05, 0) is 19.3 Å². The van der Waals surface area contributed by atoms with E-state index in [1.807, 2.05) is 13.8 Å². The molecule has 0 rings (SSSR count). The summed E-state index contributed by atoms with van der Waals surface area (Å²) in [5.74, 6) is -0.259. The van der Waals surface area contributed by atoms with Crippen LogP contribution >= 0.6 is 11.6 Å². The lowest BCUT2D eigenvalue weighted by Gasteiger charge is -2.21. The molecule has 0 aromatic rings. The van der Waals surface area contributed by atoms with E-state index in [0.717, 1.165) is 12.8 Å². The standard InChI is InChI=1S/C12H23ClO2/c1-4-7-8-9-10-15-11(14)12(13,5-2)6-3/h4-10H2,1-3H3. The summed E-state index contributed by atoms with van der Waals surface area (Å²) < 4.78 is 5.16. The zero-order valence-corrected chi connectivity index (χ0v) is 10.9. The number of hydrogen-bond donors (Lipinski definition) is 0. The fourth-order valence-electron chi connectivity index (χ4n) is 1.36. The average Bonchev–Trinajstić information content (AvgIpc) is 2.27. The Morgan fingerprint density at radius 2 is 1.73 bits per heavy atom. The van der Waals surface area contributed by atoms with Crippen LogP contribution in [0.2, 0.25) is 0 Å². The summed E-state index contributed by atoms with van der Waals surface area (Å²) in [6.07, 6.45) is 5.71. The number of esters is 1. The second-order valence-electron chi connectivity index (χ2n) is 3.87. The first kappa shape index (κ1) is 14.8. The maximum atomic E-state index is 11.6. The SMILES string of the molecule is CCCCCCOC(=O)C(Cl)(CC)CC. The number of carbonyl (C=O) groups is 1. The Hall–Kier alpha value is -0.240. The van der Waals surface area contributed by atoms with Crippen molar-refractivity contribution in [1.82, 2.24) is 0 Å². The summed E-state index contributed by atoms with van der Waals surface area (Å²) in [5, 5.41) is 0. The highest BCUT2D eigenvalue weighted by atomic mass is 35.5. The molecular formula is C12H23ClO2. The third-order valence-corrected chi connectivity index (χ3v) is 3.41. The van der Waals surface area contributed by atoms with E-state index in [2.05, 4.69) is 6.92 Å². The van der Waals surface area contributed by atoms with Crippen molar-refractivity contribution < 1.29 is 9.53 Å². The second-order valence-corrected chi connectivity index (χ2v) is 4.59. The Bertz CT molecular complexity index is 176. The Labute approximate surface area is 98.3 Å². The van der Waals surface area contributed by atoms with E-state index in [-0.39, 0.29) is 5.97 Å². The minimum absolute atomic E-state index is 0.259. The van der Waals surface area contributed by atoms with Gasteiger partial charge in [0.05, 0.1) is 6.61 Å². The highest BCUT2D eigenvalue weighted by Gasteiger charge is 2.33. The van der Waals surface area contributed by atoms with Gasteiger partial charge in [0.1, 0.15) is 4.87 Å². The fraction of sp³-hybridized carbons (Fsp3) is 0.917. The van der Waals surface area contributed by atoms with Crippen LogP contribution in [-0.2, 0) is 9.53 Å². The van der Waals surface area contributed by atoms with Crippen LogP contribution in [0.1, 0.15) is 59.3 Å². The van der Waals surface area contributed by atoms with Crippen LogP contribution in [0.5, 0.6) is 0 Å². The lowest BCUT2D eigenvalue weighted by atomic mass is 10.0. The molecule has 0 heterocycles. The van der Waals surface area contributed by atoms with Crippen molar-refractivity contribution in [3.8, 4) is 0 Å². The number of hydrogen-bond acceptors (Lipinski definition) is 2. The summed E-state index contributed by atoms with van der Waals surface area (Å²) in [5.41, 5.74) is 0. The fourth-order valence-corrected chi connectivity index (χ4v) is 1.42. The van der Waals surface area contributed by atoms with Gasteiger partial charge in [-0.1, -0.05) is 40.0 Å². The van der Waals surface area contributed by atoms with E-state index in [1.54, 1.807) is 0 Å².